The van der Waals surface area contributed by atoms with Gasteiger partial charge in [0.25, 0.3) is 0 Å². The minimum Gasteiger partial charge on any atom is -0.342 e. The number of carbonyl (C=O) groups excluding carboxylic acids is 1. The summed E-state index contributed by atoms with van der Waals surface area (Å²) >= 11 is 0. The van der Waals surface area contributed by atoms with Crippen molar-refractivity contribution >= 4 is 5.91 Å². The highest BCUT2D eigenvalue weighted by Crippen LogP contribution is 2.11. The van der Waals surface area contributed by atoms with Crippen LogP contribution in [0.5, 0.6) is 0 Å². The molecule has 6 heteroatoms. The summed E-state index contributed by atoms with van der Waals surface area (Å²) in [7, 11) is 1.56. The van der Waals surface area contributed by atoms with Crippen LogP contribution in [0.3, 0.4) is 0 Å². The van der Waals surface area contributed by atoms with Crippen LogP contribution in [0, 0.1) is 0 Å². The van der Waals surface area contributed by atoms with Crippen molar-refractivity contribution in [3.8, 4) is 0 Å². The van der Waals surface area contributed by atoms with Crippen molar-refractivity contribution in [2.45, 2.75) is 26.1 Å². The molecule has 0 aromatic heterocycles. The number of nitrogens with one attached hydrogen (secondary N) is 1. The van der Waals surface area contributed by atoms with Crippen LogP contribution in [-0.4, -0.2) is 43.2 Å². The quantitative estimate of drug-likeness (QED) is 0.754. The number of hydrogen-bond acceptors (Lipinski definition) is 2. The second-order valence-electron chi connectivity index (χ2n) is 3.32. The predicted octanol–water partition coefficient (Wildman–Crippen LogP) is 1.01. The van der Waals surface area contributed by atoms with Crippen LogP contribution < -0.4 is 5.32 Å². The fourth-order valence-corrected chi connectivity index (χ4v) is 0.724. The second kappa shape index (κ2) is 5.19. The number of carbonyl (C=O) groups is 1. The van der Waals surface area contributed by atoms with E-state index in [1.54, 1.807) is 20.9 Å². The van der Waals surface area contributed by atoms with Crippen molar-refractivity contribution in [1.82, 2.24) is 10.2 Å². The zero-order valence-electron chi connectivity index (χ0n) is 8.48. The van der Waals surface area contributed by atoms with Gasteiger partial charge in [-0.1, -0.05) is 0 Å². The van der Waals surface area contributed by atoms with Gasteiger partial charge in [0.15, 0.2) is 0 Å². The maximum absolute atomic E-state index is 11.7. The summed E-state index contributed by atoms with van der Waals surface area (Å²) in [6.07, 6.45) is -4.27. The Hall–Kier alpha value is -0.780. The van der Waals surface area contributed by atoms with Crippen LogP contribution in [0.25, 0.3) is 0 Å². The van der Waals surface area contributed by atoms with E-state index in [-0.39, 0.29) is 18.5 Å². The molecule has 0 unspecified atom stereocenters. The average Bonchev–Trinajstić information content (AvgIpc) is 2.00. The summed E-state index contributed by atoms with van der Waals surface area (Å²) in [4.78, 5) is 12.6. The summed E-state index contributed by atoms with van der Waals surface area (Å²) in [5.41, 5.74) is 0. The molecule has 1 amide bonds. The van der Waals surface area contributed by atoms with E-state index in [1.807, 2.05) is 5.32 Å². The zero-order valence-corrected chi connectivity index (χ0v) is 8.48. The zero-order chi connectivity index (χ0) is 11.4. The number of rotatable bonds is 4. The van der Waals surface area contributed by atoms with Gasteiger partial charge < -0.3 is 10.2 Å². The molecule has 0 atom stereocenters. The molecule has 0 heterocycles. The molecule has 0 aromatic carbocycles. The van der Waals surface area contributed by atoms with Crippen LogP contribution in [0.15, 0.2) is 0 Å². The Kier molecular flexibility index (Phi) is 4.90. The van der Waals surface area contributed by atoms with E-state index in [2.05, 4.69) is 0 Å². The van der Waals surface area contributed by atoms with Crippen LogP contribution in [0.4, 0.5) is 13.2 Å². The maximum atomic E-state index is 11.7. The van der Waals surface area contributed by atoms with Crippen molar-refractivity contribution < 1.29 is 18.0 Å². The first-order valence-electron chi connectivity index (χ1n) is 4.27. The molecule has 3 nitrogen and oxygen atoms in total. The Morgan fingerprint density at radius 2 is 1.93 bits per heavy atom. The van der Waals surface area contributed by atoms with Gasteiger partial charge in [-0.2, -0.15) is 13.2 Å². The minimum absolute atomic E-state index is 0.00446. The SMILES string of the molecule is CC(C)N(C)C(=O)CNCC(F)(F)F. The lowest BCUT2D eigenvalue weighted by atomic mass is 10.3. The third kappa shape index (κ3) is 5.80. The molecule has 0 radical (unpaired) electrons. The fourth-order valence-electron chi connectivity index (χ4n) is 0.724. The van der Waals surface area contributed by atoms with Gasteiger partial charge >= 0.3 is 6.18 Å². The van der Waals surface area contributed by atoms with Gasteiger partial charge in [0.1, 0.15) is 0 Å². The molecule has 0 aliphatic rings. The highest BCUT2D eigenvalue weighted by molar-refractivity contribution is 5.78. The standard InChI is InChI=1S/C8H15F3N2O/c1-6(2)13(3)7(14)4-12-5-8(9,10)11/h6,12H,4-5H2,1-3H3. The van der Waals surface area contributed by atoms with E-state index in [0.717, 1.165) is 0 Å². The van der Waals surface area contributed by atoms with E-state index in [4.69, 9.17) is 0 Å². The summed E-state index contributed by atoms with van der Waals surface area (Å²) in [5.74, 6) is -0.343. The minimum atomic E-state index is -4.27. The first-order valence-corrected chi connectivity index (χ1v) is 4.27. The average molecular weight is 212 g/mol. The van der Waals surface area contributed by atoms with Crippen LogP contribution in [0.2, 0.25) is 0 Å². The van der Waals surface area contributed by atoms with E-state index < -0.39 is 12.7 Å². The number of nitrogens with zero attached hydrogens (tertiary/aromatic N) is 1. The molecule has 0 fully saturated rings. The highest BCUT2D eigenvalue weighted by Gasteiger charge is 2.26. The number of halogens is 3. The van der Waals surface area contributed by atoms with Gasteiger partial charge in [-0.3, -0.25) is 4.79 Å². The lowest BCUT2D eigenvalue weighted by Crippen LogP contribution is -2.41. The van der Waals surface area contributed by atoms with Gasteiger partial charge in [0, 0.05) is 13.1 Å². The molecule has 0 aromatic rings. The van der Waals surface area contributed by atoms with Crippen molar-refractivity contribution in [3.63, 3.8) is 0 Å². The van der Waals surface area contributed by atoms with E-state index >= 15 is 0 Å². The summed E-state index contributed by atoms with van der Waals surface area (Å²) in [5, 5.41) is 2.04. The van der Waals surface area contributed by atoms with E-state index in [9.17, 15) is 18.0 Å². The van der Waals surface area contributed by atoms with E-state index in [0.29, 0.717) is 0 Å². The molecular formula is C8H15F3N2O. The van der Waals surface area contributed by atoms with Gasteiger partial charge in [-0.05, 0) is 13.8 Å². The predicted molar refractivity (Wildman–Crippen MR) is 46.8 cm³/mol. The molecule has 14 heavy (non-hydrogen) atoms. The molecule has 0 saturated carbocycles. The number of amides is 1. The van der Waals surface area contributed by atoms with Crippen molar-refractivity contribution in [1.29, 1.82) is 0 Å². The molecule has 0 aliphatic heterocycles. The van der Waals surface area contributed by atoms with E-state index in [1.165, 1.54) is 4.90 Å². The number of alkyl halides is 3. The Morgan fingerprint density at radius 3 is 2.29 bits per heavy atom. The normalized spacial score (nSPS) is 11.9. The Labute approximate surface area is 81.3 Å². The maximum Gasteiger partial charge on any atom is 0.401 e. The number of hydrogen-bond donors (Lipinski definition) is 1. The second-order valence-corrected chi connectivity index (χ2v) is 3.32. The molecule has 84 valence electrons. The number of likely N-dealkylation sites (N-methyl/N-ethyl adjacent to an activating group) is 1. The molecule has 0 saturated heterocycles. The van der Waals surface area contributed by atoms with Gasteiger partial charge in [0.2, 0.25) is 5.91 Å². The van der Waals surface area contributed by atoms with Crippen LogP contribution in [-0.2, 0) is 4.79 Å². The van der Waals surface area contributed by atoms with Crippen LogP contribution >= 0.6 is 0 Å². The molecule has 0 rings (SSSR count). The summed E-state index contributed by atoms with van der Waals surface area (Å²) < 4.78 is 35.0. The highest BCUT2D eigenvalue weighted by atomic mass is 19.4. The molecule has 1 N–H and O–H groups in total. The molecule has 0 spiro atoms. The third-order valence-electron chi connectivity index (χ3n) is 1.77. The van der Waals surface area contributed by atoms with Gasteiger partial charge in [0.05, 0.1) is 13.1 Å². The first kappa shape index (κ1) is 13.2. The summed E-state index contributed by atoms with van der Waals surface area (Å²) in [6, 6.07) is -0.00446. The molecule has 0 bridgehead atoms. The lowest BCUT2D eigenvalue weighted by Gasteiger charge is -2.21. The summed E-state index contributed by atoms with van der Waals surface area (Å²) in [6.45, 7) is 2.17. The smallest absolute Gasteiger partial charge is 0.342 e. The molecule has 0 aliphatic carbocycles. The fraction of sp³-hybridized carbons (Fsp3) is 0.875. The van der Waals surface area contributed by atoms with Crippen molar-refractivity contribution in [2.24, 2.45) is 0 Å². The third-order valence-corrected chi connectivity index (χ3v) is 1.77. The monoisotopic (exact) mass is 212 g/mol. The largest absolute Gasteiger partial charge is 0.401 e. The Balaban J connectivity index is 3.75. The Morgan fingerprint density at radius 1 is 1.43 bits per heavy atom. The van der Waals surface area contributed by atoms with Gasteiger partial charge in [-0.25, -0.2) is 0 Å². The molecular weight excluding hydrogens is 197 g/mol. The lowest BCUT2D eigenvalue weighted by molar-refractivity contribution is -0.134. The van der Waals surface area contributed by atoms with Gasteiger partial charge in [-0.15, -0.1) is 0 Å². The topological polar surface area (TPSA) is 32.3 Å². The van der Waals surface area contributed by atoms with Crippen molar-refractivity contribution in [2.75, 3.05) is 20.1 Å². The first-order chi connectivity index (χ1) is 6.24. The van der Waals surface area contributed by atoms with Crippen LogP contribution in [0.1, 0.15) is 13.8 Å². The Bertz CT molecular complexity index is 192. The van der Waals surface area contributed by atoms with Crippen molar-refractivity contribution in [3.05, 3.63) is 0 Å².